The fourth-order valence-electron chi connectivity index (χ4n) is 1.47. The Morgan fingerprint density at radius 3 is 2.78 bits per heavy atom. The van der Waals surface area contributed by atoms with E-state index in [-0.39, 0.29) is 10.3 Å². The summed E-state index contributed by atoms with van der Waals surface area (Å²) in [5, 5.41) is 5.66. The van der Waals surface area contributed by atoms with Gasteiger partial charge in [-0.15, -0.1) is 11.3 Å². The highest BCUT2D eigenvalue weighted by atomic mass is 32.2. The topological polar surface area (TPSA) is 90.0 Å². The van der Waals surface area contributed by atoms with Crippen LogP contribution in [0.25, 0.3) is 0 Å². The van der Waals surface area contributed by atoms with Crippen LogP contribution in [0.2, 0.25) is 0 Å². The van der Waals surface area contributed by atoms with Crippen molar-refractivity contribution in [2.75, 3.05) is 10.5 Å². The van der Waals surface area contributed by atoms with E-state index in [2.05, 4.69) is 9.82 Å². The van der Waals surface area contributed by atoms with E-state index in [0.29, 0.717) is 11.5 Å². The first-order valence-electron chi connectivity index (χ1n) is 5.30. The van der Waals surface area contributed by atoms with Crippen LogP contribution in [-0.2, 0) is 10.0 Å². The molecule has 0 aliphatic rings. The molecule has 0 saturated heterocycles. The minimum Gasteiger partial charge on any atom is -0.398 e. The summed E-state index contributed by atoms with van der Waals surface area (Å²) in [6.07, 6.45) is 1.56. The smallest absolute Gasteiger partial charge is 0.272 e. The molecule has 6 nitrogen and oxygen atoms in total. The highest BCUT2D eigenvalue weighted by Gasteiger charge is 2.19. The van der Waals surface area contributed by atoms with E-state index in [9.17, 15) is 8.42 Å². The van der Waals surface area contributed by atoms with Gasteiger partial charge in [0.25, 0.3) is 10.0 Å². The lowest BCUT2D eigenvalue weighted by Gasteiger charge is -2.12. The van der Waals surface area contributed by atoms with E-state index in [0.717, 1.165) is 11.3 Å². The fourth-order valence-corrected chi connectivity index (χ4v) is 3.59. The molecule has 2 aromatic heterocycles. The van der Waals surface area contributed by atoms with E-state index < -0.39 is 10.0 Å². The average Bonchev–Trinajstić information content (AvgIpc) is 2.86. The van der Waals surface area contributed by atoms with Gasteiger partial charge in [-0.2, -0.15) is 5.10 Å². The molecule has 0 unspecified atom stereocenters. The monoisotopic (exact) mass is 286 g/mol. The van der Waals surface area contributed by atoms with Gasteiger partial charge in [-0.05, 0) is 19.9 Å². The molecule has 0 aromatic carbocycles. The van der Waals surface area contributed by atoms with Crippen molar-refractivity contribution in [2.45, 2.75) is 24.1 Å². The van der Waals surface area contributed by atoms with Crippen molar-refractivity contribution >= 4 is 32.9 Å². The molecule has 0 radical (unpaired) electrons. The second-order valence-corrected chi connectivity index (χ2v) is 6.88. The number of nitrogens with one attached hydrogen (secondary N) is 1. The van der Waals surface area contributed by atoms with Gasteiger partial charge in [0.1, 0.15) is 10.0 Å². The summed E-state index contributed by atoms with van der Waals surface area (Å²) in [6, 6.07) is 3.13. The Hall–Kier alpha value is -1.54. The zero-order chi connectivity index (χ0) is 13.3. The molecule has 2 rings (SSSR count). The zero-order valence-electron chi connectivity index (χ0n) is 9.99. The minimum absolute atomic E-state index is 0.0751. The number of nitrogens with two attached hydrogens (primary N) is 1. The number of aromatic nitrogens is 2. The van der Waals surface area contributed by atoms with Crippen LogP contribution in [0, 0.1) is 0 Å². The highest BCUT2D eigenvalue weighted by molar-refractivity contribution is 7.94. The summed E-state index contributed by atoms with van der Waals surface area (Å²) in [5.41, 5.74) is 5.97. The second kappa shape index (κ2) is 4.62. The van der Waals surface area contributed by atoms with Crippen LogP contribution in [0.4, 0.5) is 11.5 Å². The Labute approximate surface area is 109 Å². The summed E-state index contributed by atoms with van der Waals surface area (Å²) in [5.74, 6) is 0.442. The molecular weight excluding hydrogens is 272 g/mol. The summed E-state index contributed by atoms with van der Waals surface area (Å²) >= 11 is 1.09. The molecule has 98 valence electrons. The van der Waals surface area contributed by atoms with E-state index in [4.69, 9.17) is 5.73 Å². The lowest BCUT2D eigenvalue weighted by molar-refractivity contribution is 0.539. The summed E-state index contributed by atoms with van der Waals surface area (Å²) in [7, 11) is -3.59. The lowest BCUT2D eigenvalue weighted by Crippen LogP contribution is -2.16. The highest BCUT2D eigenvalue weighted by Crippen LogP contribution is 2.24. The Morgan fingerprint density at radius 1 is 1.50 bits per heavy atom. The van der Waals surface area contributed by atoms with Gasteiger partial charge in [-0.3, -0.25) is 4.72 Å². The number of hydrogen-bond donors (Lipinski definition) is 2. The normalized spacial score (nSPS) is 11.9. The number of anilines is 2. The first-order chi connectivity index (χ1) is 8.40. The van der Waals surface area contributed by atoms with E-state index in [1.165, 1.54) is 6.07 Å². The molecule has 0 amide bonds. The van der Waals surface area contributed by atoms with E-state index in [1.807, 2.05) is 13.8 Å². The van der Waals surface area contributed by atoms with Crippen LogP contribution >= 0.6 is 11.3 Å². The summed E-state index contributed by atoms with van der Waals surface area (Å²) in [4.78, 5) is 0. The van der Waals surface area contributed by atoms with Crippen molar-refractivity contribution in [1.82, 2.24) is 9.78 Å². The maximum absolute atomic E-state index is 12.1. The fraction of sp³-hybridized carbons (Fsp3) is 0.300. The Kier molecular flexibility index (Phi) is 3.31. The van der Waals surface area contributed by atoms with Gasteiger partial charge in [-0.1, -0.05) is 0 Å². The van der Waals surface area contributed by atoms with Crippen molar-refractivity contribution in [3.8, 4) is 0 Å². The molecular formula is C10H14N4O2S2. The number of nitrogen functional groups attached to an aromatic ring is 1. The Morgan fingerprint density at radius 2 is 2.22 bits per heavy atom. The van der Waals surface area contributed by atoms with Gasteiger partial charge in [-0.25, -0.2) is 13.1 Å². The first kappa shape index (κ1) is 12.9. The molecule has 0 atom stereocenters. The summed E-state index contributed by atoms with van der Waals surface area (Å²) < 4.78 is 28.5. The predicted molar refractivity (Wildman–Crippen MR) is 72.2 cm³/mol. The third-order valence-corrected chi connectivity index (χ3v) is 5.07. The molecule has 2 heterocycles. The van der Waals surface area contributed by atoms with Crippen LogP contribution in [-0.4, -0.2) is 18.2 Å². The number of rotatable bonds is 4. The molecule has 8 heteroatoms. The molecule has 0 aliphatic carbocycles. The Bertz CT molecular complexity index is 642. The van der Waals surface area contributed by atoms with Crippen molar-refractivity contribution in [3.05, 3.63) is 23.7 Å². The maximum atomic E-state index is 12.1. The van der Waals surface area contributed by atoms with Crippen LogP contribution in [0.15, 0.2) is 27.9 Å². The van der Waals surface area contributed by atoms with Gasteiger partial charge < -0.3 is 5.73 Å². The van der Waals surface area contributed by atoms with Gasteiger partial charge in [0.15, 0.2) is 0 Å². The third-order valence-electron chi connectivity index (χ3n) is 2.26. The minimum atomic E-state index is -3.59. The molecule has 2 aromatic rings. The molecule has 0 spiro atoms. The quantitative estimate of drug-likeness (QED) is 0.898. The van der Waals surface area contributed by atoms with Gasteiger partial charge in [0.05, 0.1) is 6.20 Å². The first-order valence-corrected chi connectivity index (χ1v) is 7.67. The van der Waals surface area contributed by atoms with Crippen molar-refractivity contribution < 1.29 is 8.42 Å². The van der Waals surface area contributed by atoms with Gasteiger partial charge in [0, 0.05) is 23.2 Å². The third kappa shape index (κ3) is 2.49. The van der Waals surface area contributed by atoms with E-state index in [1.54, 1.807) is 22.3 Å². The predicted octanol–water partition coefficient (Wildman–Crippen LogP) is 1.91. The van der Waals surface area contributed by atoms with Gasteiger partial charge in [0.2, 0.25) is 0 Å². The zero-order valence-corrected chi connectivity index (χ0v) is 11.6. The molecule has 0 fully saturated rings. The maximum Gasteiger partial charge on any atom is 0.272 e. The Balaban J connectivity index is 2.31. The number of sulfonamides is 1. The van der Waals surface area contributed by atoms with Crippen LogP contribution in [0.3, 0.4) is 0 Å². The number of thiophene rings is 1. The molecule has 3 N–H and O–H groups in total. The van der Waals surface area contributed by atoms with Crippen LogP contribution in [0.1, 0.15) is 19.9 Å². The lowest BCUT2D eigenvalue weighted by atomic mass is 10.4. The summed E-state index contributed by atoms with van der Waals surface area (Å²) in [6.45, 7) is 3.85. The van der Waals surface area contributed by atoms with Crippen molar-refractivity contribution in [3.63, 3.8) is 0 Å². The van der Waals surface area contributed by atoms with Crippen molar-refractivity contribution in [2.24, 2.45) is 0 Å². The van der Waals surface area contributed by atoms with Crippen LogP contribution in [0.5, 0.6) is 0 Å². The second-order valence-electron chi connectivity index (χ2n) is 4.06. The molecule has 18 heavy (non-hydrogen) atoms. The van der Waals surface area contributed by atoms with Crippen LogP contribution < -0.4 is 10.5 Å². The molecule has 0 aliphatic heterocycles. The van der Waals surface area contributed by atoms with Crippen molar-refractivity contribution in [1.29, 1.82) is 0 Å². The number of hydrogen-bond acceptors (Lipinski definition) is 5. The molecule has 0 saturated carbocycles. The largest absolute Gasteiger partial charge is 0.398 e. The standard InChI is InChI=1S/C10H14N4O2S2/c1-7(2)14-9(3-4-12-14)13-18(15,16)10-5-8(11)6-17-10/h3-7,13H,11H2,1-2H3. The van der Waals surface area contributed by atoms with Gasteiger partial charge >= 0.3 is 0 Å². The average molecular weight is 286 g/mol. The SMILES string of the molecule is CC(C)n1nccc1NS(=O)(=O)c1cc(N)cs1. The molecule has 0 bridgehead atoms. The number of nitrogens with zero attached hydrogens (tertiary/aromatic N) is 2. The van der Waals surface area contributed by atoms with E-state index >= 15 is 0 Å².